The number of para-hydroxylation sites is 1. The largest absolute Gasteiger partial charge is 0.279 e. The molecule has 0 aromatic heterocycles. The van der Waals surface area contributed by atoms with Gasteiger partial charge in [-0.1, -0.05) is 54.3 Å². The molecule has 0 bridgehead atoms. The molecule has 0 unspecified atom stereocenters. The minimum Gasteiger partial charge on any atom is -0.279 e. The van der Waals surface area contributed by atoms with Crippen LogP contribution in [0.5, 0.6) is 0 Å². The van der Waals surface area contributed by atoms with E-state index >= 15 is 0 Å². The number of nitrogens with zero attached hydrogens (tertiary/aromatic N) is 2. The molecule has 3 aromatic carbocycles. The van der Waals surface area contributed by atoms with E-state index in [0.29, 0.717) is 24.1 Å². The van der Waals surface area contributed by atoms with Crippen molar-refractivity contribution in [3.05, 3.63) is 101 Å². The maximum Gasteiger partial charge on any atom is 0.261 e. The van der Waals surface area contributed by atoms with Crippen LogP contribution in [-0.4, -0.2) is 29.5 Å². The standard InChI is InChI=1S/C27H23N3O2/c31-26-24-13-7-8-14-25(24)27(32)30(26)19-9-2-1-4-10-21-15-17-22(18-16-21)20-28-29-23-11-5-3-6-12-23/h3,5-8,11-18,20,29H,1-2,9,19H2. The summed E-state index contributed by atoms with van der Waals surface area (Å²) in [4.78, 5) is 26.0. The first-order chi connectivity index (χ1) is 15.7. The van der Waals surface area contributed by atoms with Gasteiger partial charge in [0.15, 0.2) is 0 Å². The third-order valence-corrected chi connectivity index (χ3v) is 5.14. The van der Waals surface area contributed by atoms with Gasteiger partial charge in [-0.25, -0.2) is 0 Å². The predicted octanol–water partition coefficient (Wildman–Crippen LogP) is 4.95. The summed E-state index contributed by atoms with van der Waals surface area (Å²) in [5, 5.41) is 4.23. The van der Waals surface area contributed by atoms with Crippen LogP contribution in [0.25, 0.3) is 0 Å². The molecule has 1 aliphatic rings. The number of nitrogens with one attached hydrogen (secondary N) is 1. The SMILES string of the molecule is O=C1c2ccccc2C(=O)N1CCCCC#Cc1ccc(C=NNc2ccccc2)cc1. The molecule has 0 spiro atoms. The first-order valence-electron chi connectivity index (χ1n) is 10.6. The number of amides is 2. The normalized spacial score (nSPS) is 12.6. The summed E-state index contributed by atoms with van der Waals surface area (Å²) < 4.78 is 0. The van der Waals surface area contributed by atoms with E-state index in [0.717, 1.165) is 29.7 Å². The van der Waals surface area contributed by atoms with Crippen molar-refractivity contribution in [1.82, 2.24) is 4.90 Å². The van der Waals surface area contributed by atoms with Gasteiger partial charge in [-0.2, -0.15) is 5.10 Å². The lowest BCUT2D eigenvalue weighted by Crippen LogP contribution is -2.30. The maximum atomic E-state index is 12.3. The van der Waals surface area contributed by atoms with Crippen LogP contribution in [-0.2, 0) is 0 Å². The monoisotopic (exact) mass is 421 g/mol. The Morgan fingerprint density at radius 1 is 0.812 bits per heavy atom. The minimum atomic E-state index is -0.195. The zero-order valence-corrected chi connectivity index (χ0v) is 17.6. The number of rotatable bonds is 7. The van der Waals surface area contributed by atoms with Crippen LogP contribution in [0.4, 0.5) is 5.69 Å². The molecule has 2 amide bonds. The van der Waals surface area contributed by atoms with Crippen LogP contribution in [0, 0.1) is 11.8 Å². The number of hydrogen-bond donors (Lipinski definition) is 1. The number of imide groups is 1. The maximum absolute atomic E-state index is 12.3. The van der Waals surface area contributed by atoms with Crippen molar-refractivity contribution in [3.63, 3.8) is 0 Å². The van der Waals surface area contributed by atoms with Crippen LogP contribution < -0.4 is 5.43 Å². The number of fused-ring (bicyclic) bond motifs is 1. The average molecular weight is 422 g/mol. The van der Waals surface area contributed by atoms with Gasteiger partial charge in [-0.15, -0.1) is 0 Å². The van der Waals surface area contributed by atoms with Crippen molar-refractivity contribution in [3.8, 4) is 11.8 Å². The molecular formula is C27H23N3O2. The molecule has 1 N–H and O–H groups in total. The Hall–Kier alpha value is -4.17. The fraction of sp³-hybridized carbons (Fsp3) is 0.148. The summed E-state index contributed by atoms with van der Waals surface area (Å²) in [6.07, 6.45) is 4.05. The summed E-state index contributed by atoms with van der Waals surface area (Å²) in [6, 6.07) is 24.6. The molecule has 0 saturated heterocycles. The lowest BCUT2D eigenvalue weighted by atomic mass is 10.1. The quantitative estimate of drug-likeness (QED) is 0.193. The molecule has 5 nitrogen and oxygen atoms in total. The first-order valence-corrected chi connectivity index (χ1v) is 10.6. The van der Waals surface area contributed by atoms with Gasteiger partial charge in [0.2, 0.25) is 0 Å². The predicted molar refractivity (Wildman–Crippen MR) is 127 cm³/mol. The van der Waals surface area contributed by atoms with E-state index in [9.17, 15) is 9.59 Å². The molecule has 1 aliphatic heterocycles. The highest BCUT2D eigenvalue weighted by molar-refractivity contribution is 6.21. The highest BCUT2D eigenvalue weighted by Crippen LogP contribution is 2.22. The smallest absolute Gasteiger partial charge is 0.261 e. The number of anilines is 1. The van der Waals surface area contributed by atoms with Gasteiger partial charge in [-0.3, -0.25) is 19.9 Å². The van der Waals surface area contributed by atoms with Crippen LogP contribution in [0.15, 0.2) is 84.0 Å². The second-order valence-electron chi connectivity index (χ2n) is 7.42. The number of carbonyl (C=O) groups excluding carboxylic acids is 2. The molecule has 0 fully saturated rings. The Morgan fingerprint density at radius 3 is 2.16 bits per heavy atom. The summed E-state index contributed by atoms with van der Waals surface area (Å²) in [5.74, 6) is 5.93. The molecule has 0 radical (unpaired) electrons. The Labute approximate surface area is 187 Å². The fourth-order valence-corrected chi connectivity index (χ4v) is 3.44. The Kier molecular flexibility index (Phi) is 6.74. The Bertz CT molecular complexity index is 1150. The van der Waals surface area contributed by atoms with E-state index in [1.807, 2.05) is 54.6 Å². The summed E-state index contributed by atoms with van der Waals surface area (Å²) in [7, 11) is 0. The molecule has 0 atom stereocenters. The van der Waals surface area contributed by atoms with Gasteiger partial charge in [-0.05, 0) is 54.8 Å². The molecule has 4 rings (SSSR count). The summed E-state index contributed by atoms with van der Waals surface area (Å²) in [5.41, 5.74) is 6.86. The first kappa shape index (κ1) is 21.1. The lowest BCUT2D eigenvalue weighted by Gasteiger charge is -2.12. The summed E-state index contributed by atoms with van der Waals surface area (Å²) in [6.45, 7) is 0.430. The van der Waals surface area contributed by atoms with Gasteiger partial charge in [0.25, 0.3) is 11.8 Å². The van der Waals surface area contributed by atoms with E-state index in [2.05, 4.69) is 22.4 Å². The summed E-state index contributed by atoms with van der Waals surface area (Å²) >= 11 is 0. The van der Waals surface area contributed by atoms with Crippen molar-refractivity contribution in [2.45, 2.75) is 19.3 Å². The number of hydrogen-bond acceptors (Lipinski definition) is 4. The average Bonchev–Trinajstić information content (AvgIpc) is 3.08. The van der Waals surface area contributed by atoms with Gasteiger partial charge in [0.1, 0.15) is 0 Å². The minimum absolute atomic E-state index is 0.195. The van der Waals surface area contributed by atoms with E-state index in [1.54, 1.807) is 30.5 Å². The van der Waals surface area contributed by atoms with Gasteiger partial charge >= 0.3 is 0 Å². The fourth-order valence-electron chi connectivity index (χ4n) is 3.44. The molecule has 0 saturated carbocycles. The van der Waals surface area contributed by atoms with Crippen LogP contribution in [0.2, 0.25) is 0 Å². The number of carbonyl (C=O) groups is 2. The molecular weight excluding hydrogens is 398 g/mol. The van der Waals surface area contributed by atoms with Crippen LogP contribution >= 0.6 is 0 Å². The molecule has 1 heterocycles. The molecule has 3 aromatic rings. The third kappa shape index (κ3) is 5.11. The second-order valence-corrected chi connectivity index (χ2v) is 7.42. The Morgan fingerprint density at radius 2 is 1.47 bits per heavy atom. The lowest BCUT2D eigenvalue weighted by molar-refractivity contribution is 0.0652. The van der Waals surface area contributed by atoms with Crippen LogP contribution in [0.1, 0.15) is 51.1 Å². The second kappa shape index (κ2) is 10.2. The molecule has 0 aliphatic carbocycles. The van der Waals surface area contributed by atoms with Crippen molar-refractivity contribution in [2.75, 3.05) is 12.0 Å². The highest BCUT2D eigenvalue weighted by Gasteiger charge is 2.34. The van der Waals surface area contributed by atoms with Crippen molar-refractivity contribution in [2.24, 2.45) is 5.10 Å². The number of hydrazone groups is 1. The number of unbranched alkanes of at least 4 members (excludes halogenated alkanes) is 2. The van der Waals surface area contributed by atoms with Gasteiger partial charge in [0, 0.05) is 18.5 Å². The van der Waals surface area contributed by atoms with Crippen LogP contribution in [0.3, 0.4) is 0 Å². The van der Waals surface area contributed by atoms with Gasteiger partial charge < -0.3 is 0 Å². The molecule has 5 heteroatoms. The zero-order valence-electron chi connectivity index (χ0n) is 17.6. The van der Waals surface area contributed by atoms with E-state index < -0.39 is 0 Å². The Balaban J connectivity index is 1.20. The van der Waals surface area contributed by atoms with E-state index in [-0.39, 0.29) is 11.8 Å². The van der Waals surface area contributed by atoms with Gasteiger partial charge in [0.05, 0.1) is 23.0 Å². The molecule has 32 heavy (non-hydrogen) atoms. The highest BCUT2D eigenvalue weighted by atomic mass is 16.2. The van der Waals surface area contributed by atoms with Crippen molar-refractivity contribution < 1.29 is 9.59 Å². The zero-order chi connectivity index (χ0) is 22.2. The molecule has 158 valence electrons. The third-order valence-electron chi connectivity index (χ3n) is 5.14. The van der Waals surface area contributed by atoms with Crippen molar-refractivity contribution >= 4 is 23.7 Å². The van der Waals surface area contributed by atoms with E-state index in [4.69, 9.17) is 0 Å². The van der Waals surface area contributed by atoms with E-state index in [1.165, 1.54) is 4.90 Å². The topological polar surface area (TPSA) is 61.8 Å². The number of benzene rings is 3. The van der Waals surface area contributed by atoms with Crippen molar-refractivity contribution in [1.29, 1.82) is 0 Å².